The minimum absolute atomic E-state index is 0.673. The average Bonchev–Trinajstić information content (AvgIpc) is 2.70. The van der Waals surface area contributed by atoms with E-state index < -0.39 is 0 Å². The first-order valence-electron chi connectivity index (χ1n) is 5.33. The molecule has 0 aliphatic rings. The summed E-state index contributed by atoms with van der Waals surface area (Å²) in [6, 6.07) is 0. The third-order valence-electron chi connectivity index (χ3n) is 2.15. The molecule has 2 rings (SSSR count). The van der Waals surface area contributed by atoms with E-state index in [2.05, 4.69) is 30.5 Å². The van der Waals surface area contributed by atoms with Crippen LogP contribution in [0, 0.1) is 13.8 Å². The summed E-state index contributed by atoms with van der Waals surface area (Å²) in [7, 11) is 0. The second-order valence-corrected chi connectivity index (χ2v) is 4.44. The van der Waals surface area contributed by atoms with E-state index in [-0.39, 0.29) is 0 Å². The number of hydrogen-bond acceptors (Lipinski definition) is 6. The molecule has 0 fully saturated rings. The van der Waals surface area contributed by atoms with Crippen molar-refractivity contribution in [2.45, 2.75) is 31.0 Å². The predicted octanol–water partition coefficient (Wildman–Crippen LogP) is 1.79. The number of nitrogens with zero attached hydrogens (tertiary/aromatic N) is 4. The SMILES string of the molecule is CCNc1ncnc(Sc2n[nH]c(C)n2)c1C. The van der Waals surface area contributed by atoms with Gasteiger partial charge in [-0.25, -0.2) is 15.0 Å². The van der Waals surface area contributed by atoms with Crippen LogP contribution in [0.4, 0.5) is 5.82 Å². The molecule has 90 valence electrons. The van der Waals surface area contributed by atoms with Gasteiger partial charge < -0.3 is 5.32 Å². The molecule has 7 heteroatoms. The van der Waals surface area contributed by atoms with Crippen LogP contribution in [-0.4, -0.2) is 31.7 Å². The highest BCUT2D eigenvalue weighted by molar-refractivity contribution is 7.99. The third-order valence-corrected chi connectivity index (χ3v) is 3.12. The molecule has 0 atom stereocenters. The summed E-state index contributed by atoms with van der Waals surface area (Å²) in [5, 5.41) is 11.6. The molecule has 0 saturated heterocycles. The molecule has 0 saturated carbocycles. The quantitative estimate of drug-likeness (QED) is 0.805. The molecule has 0 unspecified atom stereocenters. The van der Waals surface area contributed by atoms with Gasteiger partial charge in [0.1, 0.15) is 23.0 Å². The molecule has 0 bridgehead atoms. The van der Waals surface area contributed by atoms with Crippen molar-refractivity contribution in [1.82, 2.24) is 25.1 Å². The highest BCUT2D eigenvalue weighted by Crippen LogP contribution is 2.27. The Labute approximate surface area is 104 Å². The van der Waals surface area contributed by atoms with Gasteiger partial charge in [0.25, 0.3) is 0 Å². The van der Waals surface area contributed by atoms with Gasteiger partial charge in [-0.15, -0.1) is 5.10 Å². The van der Waals surface area contributed by atoms with Crippen LogP contribution in [0.3, 0.4) is 0 Å². The Balaban J connectivity index is 2.23. The minimum Gasteiger partial charge on any atom is -0.370 e. The van der Waals surface area contributed by atoms with Crippen molar-refractivity contribution < 1.29 is 0 Å². The summed E-state index contributed by atoms with van der Waals surface area (Å²) in [4.78, 5) is 12.7. The molecular formula is C10H14N6S. The summed E-state index contributed by atoms with van der Waals surface area (Å²) in [6.07, 6.45) is 1.55. The van der Waals surface area contributed by atoms with Crippen molar-refractivity contribution in [1.29, 1.82) is 0 Å². The van der Waals surface area contributed by atoms with Crippen LogP contribution < -0.4 is 5.32 Å². The molecule has 2 N–H and O–H groups in total. The van der Waals surface area contributed by atoms with Gasteiger partial charge in [-0.3, -0.25) is 5.10 Å². The summed E-state index contributed by atoms with van der Waals surface area (Å²) >= 11 is 1.43. The Kier molecular flexibility index (Phi) is 3.58. The molecule has 2 heterocycles. The molecule has 17 heavy (non-hydrogen) atoms. The van der Waals surface area contributed by atoms with Crippen LogP contribution in [-0.2, 0) is 0 Å². The number of H-pyrrole nitrogens is 1. The van der Waals surface area contributed by atoms with Crippen molar-refractivity contribution in [2.24, 2.45) is 0 Å². The maximum Gasteiger partial charge on any atom is 0.214 e. The van der Waals surface area contributed by atoms with E-state index in [1.807, 2.05) is 20.8 Å². The lowest BCUT2D eigenvalue weighted by Gasteiger charge is -2.07. The molecule has 6 nitrogen and oxygen atoms in total. The van der Waals surface area contributed by atoms with E-state index >= 15 is 0 Å². The van der Waals surface area contributed by atoms with Gasteiger partial charge in [0.2, 0.25) is 5.16 Å². The Morgan fingerprint density at radius 2 is 2.18 bits per heavy atom. The summed E-state index contributed by atoms with van der Waals surface area (Å²) in [5.41, 5.74) is 1.02. The van der Waals surface area contributed by atoms with Crippen LogP contribution >= 0.6 is 11.8 Å². The van der Waals surface area contributed by atoms with Crippen molar-refractivity contribution in [3.8, 4) is 0 Å². The highest BCUT2D eigenvalue weighted by Gasteiger charge is 2.10. The van der Waals surface area contributed by atoms with Crippen LogP contribution in [0.1, 0.15) is 18.3 Å². The molecule has 0 aliphatic carbocycles. The zero-order valence-electron chi connectivity index (χ0n) is 9.98. The highest BCUT2D eigenvalue weighted by atomic mass is 32.2. The fraction of sp³-hybridized carbons (Fsp3) is 0.400. The monoisotopic (exact) mass is 250 g/mol. The first-order chi connectivity index (χ1) is 8.20. The zero-order valence-corrected chi connectivity index (χ0v) is 10.8. The minimum atomic E-state index is 0.673. The van der Waals surface area contributed by atoms with Crippen LogP contribution in [0.5, 0.6) is 0 Å². The fourth-order valence-electron chi connectivity index (χ4n) is 1.34. The fourth-order valence-corrected chi connectivity index (χ4v) is 2.13. The van der Waals surface area contributed by atoms with E-state index in [0.29, 0.717) is 5.16 Å². The standard InChI is InChI=1S/C10H14N6S/c1-4-11-8-6(2)9(13-5-12-8)17-10-14-7(3)15-16-10/h5H,4H2,1-3H3,(H,11,12,13)(H,14,15,16). The number of aryl methyl sites for hydroxylation is 1. The van der Waals surface area contributed by atoms with Crippen molar-refractivity contribution in [2.75, 3.05) is 11.9 Å². The summed E-state index contributed by atoms with van der Waals surface area (Å²) < 4.78 is 0. The number of aromatic amines is 1. The Morgan fingerprint density at radius 1 is 1.35 bits per heavy atom. The summed E-state index contributed by atoms with van der Waals surface area (Å²) in [6.45, 7) is 6.72. The zero-order chi connectivity index (χ0) is 12.3. The van der Waals surface area contributed by atoms with Gasteiger partial charge in [-0.1, -0.05) is 0 Å². The lowest BCUT2D eigenvalue weighted by Crippen LogP contribution is -2.03. The molecule has 0 aromatic carbocycles. The summed E-state index contributed by atoms with van der Waals surface area (Å²) in [5.74, 6) is 1.66. The molecule has 0 aliphatic heterocycles. The number of anilines is 1. The molecule has 0 amide bonds. The maximum atomic E-state index is 4.24. The maximum absolute atomic E-state index is 4.24. The largest absolute Gasteiger partial charge is 0.370 e. The Morgan fingerprint density at radius 3 is 2.82 bits per heavy atom. The van der Waals surface area contributed by atoms with Crippen LogP contribution in [0.2, 0.25) is 0 Å². The van der Waals surface area contributed by atoms with E-state index in [1.165, 1.54) is 11.8 Å². The molecule has 0 radical (unpaired) electrons. The van der Waals surface area contributed by atoms with Gasteiger partial charge in [-0.05, 0) is 32.5 Å². The second kappa shape index (κ2) is 5.13. The van der Waals surface area contributed by atoms with Gasteiger partial charge in [0.15, 0.2) is 0 Å². The Bertz CT molecular complexity index is 509. The second-order valence-electron chi connectivity index (χ2n) is 3.49. The molecular weight excluding hydrogens is 236 g/mol. The van der Waals surface area contributed by atoms with Gasteiger partial charge in [0, 0.05) is 12.1 Å². The van der Waals surface area contributed by atoms with E-state index in [1.54, 1.807) is 6.33 Å². The number of nitrogens with one attached hydrogen (secondary N) is 2. The van der Waals surface area contributed by atoms with Crippen molar-refractivity contribution in [3.05, 3.63) is 17.7 Å². The Hall–Kier alpha value is -1.63. The van der Waals surface area contributed by atoms with Gasteiger partial charge in [-0.2, -0.15) is 0 Å². The van der Waals surface area contributed by atoms with Gasteiger partial charge in [0.05, 0.1) is 0 Å². The first kappa shape index (κ1) is 11.8. The molecule has 2 aromatic rings. The van der Waals surface area contributed by atoms with E-state index in [9.17, 15) is 0 Å². The van der Waals surface area contributed by atoms with E-state index in [0.717, 1.165) is 28.8 Å². The van der Waals surface area contributed by atoms with Crippen LogP contribution in [0.15, 0.2) is 16.5 Å². The molecule has 0 spiro atoms. The lowest BCUT2D eigenvalue weighted by atomic mass is 10.3. The van der Waals surface area contributed by atoms with Gasteiger partial charge >= 0.3 is 0 Å². The van der Waals surface area contributed by atoms with Crippen LogP contribution in [0.25, 0.3) is 0 Å². The normalized spacial score (nSPS) is 10.5. The predicted molar refractivity (Wildman–Crippen MR) is 66.2 cm³/mol. The number of hydrogen-bond donors (Lipinski definition) is 2. The molecule has 2 aromatic heterocycles. The van der Waals surface area contributed by atoms with Crippen molar-refractivity contribution in [3.63, 3.8) is 0 Å². The average molecular weight is 250 g/mol. The van der Waals surface area contributed by atoms with Crippen molar-refractivity contribution >= 4 is 17.6 Å². The van der Waals surface area contributed by atoms with E-state index in [4.69, 9.17) is 0 Å². The third kappa shape index (κ3) is 2.73. The smallest absolute Gasteiger partial charge is 0.214 e. The first-order valence-corrected chi connectivity index (χ1v) is 6.14. The lowest BCUT2D eigenvalue weighted by molar-refractivity contribution is 0.950. The number of rotatable bonds is 4. The number of aromatic nitrogens is 5. The topological polar surface area (TPSA) is 79.4 Å².